The van der Waals surface area contributed by atoms with E-state index >= 15 is 0 Å². The molecule has 0 aromatic heterocycles. The van der Waals surface area contributed by atoms with E-state index in [4.69, 9.17) is 11.2 Å². The van der Waals surface area contributed by atoms with Crippen molar-refractivity contribution in [3.8, 4) is 12.3 Å². The van der Waals surface area contributed by atoms with Crippen molar-refractivity contribution in [3.63, 3.8) is 0 Å². The molecule has 0 aromatic rings. The average Bonchev–Trinajstić information content (AvgIpc) is 3.45. The zero-order chi connectivity index (χ0) is 27.4. The molecule has 0 aromatic carbocycles. The predicted molar refractivity (Wildman–Crippen MR) is 159 cm³/mol. The molecule has 1 saturated carbocycles. The van der Waals surface area contributed by atoms with Crippen molar-refractivity contribution in [1.29, 1.82) is 0 Å². The van der Waals surface area contributed by atoms with E-state index in [1.54, 1.807) is 0 Å². The van der Waals surface area contributed by atoms with Gasteiger partial charge in [-0.3, -0.25) is 0 Å². The quantitative estimate of drug-likeness (QED) is 0.132. The number of hydrogen-bond acceptors (Lipinski definition) is 1. The Balaban J connectivity index is 2.45. The van der Waals surface area contributed by atoms with Crippen molar-refractivity contribution in [1.82, 2.24) is 0 Å². The van der Waals surface area contributed by atoms with Gasteiger partial charge in [0.25, 0.3) is 0 Å². The van der Waals surface area contributed by atoms with Crippen molar-refractivity contribution in [2.24, 2.45) is 58.7 Å². The van der Waals surface area contributed by atoms with Gasteiger partial charge < -0.3 is 4.74 Å². The summed E-state index contributed by atoms with van der Waals surface area (Å²) in [6.45, 7) is 31.0. The van der Waals surface area contributed by atoms with Crippen LogP contribution in [0.15, 0.2) is 12.2 Å². The summed E-state index contributed by atoms with van der Waals surface area (Å²) in [5, 5.41) is 0. The number of hydrogen-bond donors (Lipinski definition) is 0. The highest BCUT2D eigenvalue weighted by molar-refractivity contribution is 5.25. The Hall–Kier alpha value is -0.740. The van der Waals surface area contributed by atoms with Gasteiger partial charge in [0.2, 0.25) is 0 Å². The first-order valence-corrected chi connectivity index (χ1v) is 15.6. The highest BCUT2D eigenvalue weighted by atomic mass is 16.6. The number of epoxide rings is 1. The van der Waals surface area contributed by atoms with Crippen molar-refractivity contribution < 1.29 is 4.74 Å². The van der Waals surface area contributed by atoms with Gasteiger partial charge in [-0.1, -0.05) is 80.7 Å². The molecule has 0 spiro atoms. The summed E-state index contributed by atoms with van der Waals surface area (Å²) >= 11 is 0. The molecule has 0 radical (unpaired) electrons. The first kappa shape index (κ1) is 31.5. The van der Waals surface area contributed by atoms with E-state index in [1.807, 2.05) is 0 Å². The molecule has 36 heavy (non-hydrogen) atoms. The van der Waals surface area contributed by atoms with E-state index in [1.165, 1.54) is 50.5 Å². The minimum atomic E-state index is -0.150. The summed E-state index contributed by atoms with van der Waals surface area (Å²) in [4.78, 5) is 0. The topological polar surface area (TPSA) is 12.5 Å². The maximum absolute atomic E-state index is 6.48. The Kier molecular flexibility index (Phi) is 11.3. The molecule has 0 bridgehead atoms. The highest BCUT2D eigenvalue weighted by Gasteiger charge is 2.54. The Labute approximate surface area is 227 Å². The molecule has 1 aliphatic carbocycles. The van der Waals surface area contributed by atoms with Crippen LogP contribution in [-0.4, -0.2) is 11.7 Å². The molecule has 4 unspecified atom stereocenters. The van der Waals surface area contributed by atoms with Gasteiger partial charge in [-0.05, 0) is 118 Å². The molecular formula is C35H62O. The van der Waals surface area contributed by atoms with E-state index in [9.17, 15) is 0 Å². The van der Waals surface area contributed by atoms with Gasteiger partial charge in [-0.15, -0.1) is 6.42 Å². The van der Waals surface area contributed by atoms with Gasteiger partial charge >= 0.3 is 0 Å². The SMILES string of the molecule is C#C[C@](C)(C[C@@H](C)CC)[C@H](CC1CC(C)CC(C)C1)[C@@H](C)[C@H](C[C@H](C)CC)C(C)C(=C)[C@@]1(C)OC1C. The molecule has 1 nitrogen and oxygen atoms in total. The largest absolute Gasteiger partial charge is 0.362 e. The van der Waals surface area contributed by atoms with Gasteiger partial charge in [-0.2, -0.15) is 0 Å². The molecule has 1 aliphatic heterocycles. The fourth-order valence-electron chi connectivity index (χ4n) is 8.09. The molecule has 1 heterocycles. The van der Waals surface area contributed by atoms with Gasteiger partial charge in [0.1, 0.15) is 5.60 Å². The summed E-state index contributed by atoms with van der Waals surface area (Å²) in [6.07, 6.45) is 17.0. The lowest BCUT2D eigenvalue weighted by Gasteiger charge is -2.47. The van der Waals surface area contributed by atoms with Crippen LogP contribution in [0.5, 0.6) is 0 Å². The van der Waals surface area contributed by atoms with E-state index in [2.05, 4.69) is 88.7 Å². The van der Waals surface area contributed by atoms with Crippen LogP contribution < -0.4 is 0 Å². The Morgan fingerprint density at radius 3 is 2.00 bits per heavy atom. The summed E-state index contributed by atoms with van der Waals surface area (Å²) in [5.41, 5.74) is 1.09. The third-order valence-electron chi connectivity index (χ3n) is 11.1. The molecule has 1 saturated heterocycles. The maximum Gasteiger partial charge on any atom is 0.113 e. The maximum atomic E-state index is 6.48. The second-order valence-electron chi connectivity index (χ2n) is 14.4. The molecule has 208 valence electrons. The summed E-state index contributed by atoms with van der Waals surface area (Å²) in [7, 11) is 0. The van der Waals surface area contributed by atoms with Crippen molar-refractivity contribution >= 4 is 0 Å². The number of rotatable bonds is 14. The monoisotopic (exact) mass is 498 g/mol. The lowest BCUT2D eigenvalue weighted by Crippen LogP contribution is -2.40. The molecule has 2 aliphatic rings. The molecule has 0 N–H and O–H groups in total. The minimum absolute atomic E-state index is 0.0687. The van der Waals surface area contributed by atoms with Crippen LogP contribution in [0.25, 0.3) is 0 Å². The fraction of sp³-hybridized carbons (Fsp3) is 0.886. The van der Waals surface area contributed by atoms with E-state index in [-0.39, 0.29) is 17.1 Å². The first-order valence-electron chi connectivity index (χ1n) is 15.6. The van der Waals surface area contributed by atoms with Crippen LogP contribution in [0.3, 0.4) is 0 Å². The molecule has 11 atom stereocenters. The minimum Gasteiger partial charge on any atom is -0.362 e. The van der Waals surface area contributed by atoms with Crippen molar-refractivity contribution in [2.75, 3.05) is 0 Å². The molecule has 2 fully saturated rings. The van der Waals surface area contributed by atoms with Crippen LogP contribution in [0, 0.1) is 71.0 Å². The number of terminal acetylenes is 1. The standard InChI is InChI=1S/C35H62O/c1-14-23(4)20-32(27(8)29(10)35(13)30(11)36-35)28(9)33(34(12,16-3)22-24(5)15-2)21-31-18-25(6)17-26(7)19-31/h3,23-28,30-33H,10,14-15,17-22H2,1-2,4-9,11-13H3/t23-,24+,25?,26?,27?,28+,30?,31?,32-,33-,34-,35-/m1/s1. The second kappa shape index (κ2) is 12.9. The Bertz CT molecular complexity index is 736. The summed E-state index contributed by atoms with van der Waals surface area (Å²) in [5.74, 6) is 9.37. The zero-order valence-corrected chi connectivity index (χ0v) is 26.1. The van der Waals surface area contributed by atoms with Gasteiger partial charge in [0.15, 0.2) is 0 Å². The number of ether oxygens (including phenoxy) is 1. The summed E-state index contributed by atoms with van der Waals surface area (Å²) < 4.78 is 6.08. The molecule has 2 rings (SSSR count). The second-order valence-corrected chi connectivity index (χ2v) is 14.4. The van der Waals surface area contributed by atoms with Crippen LogP contribution in [-0.2, 0) is 4.74 Å². The lowest BCUT2D eigenvalue weighted by atomic mass is 9.57. The van der Waals surface area contributed by atoms with Gasteiger partial charge in [-0.25, -0.2) is 0 Å². The van der Waals surface area contributed by atoms with Crippen LogP contribution in [0.2, 0.25) is 0 Å². The smallest absolute Gasteiger partial charge is 0.113 e. The molecule has 0 amide bonds. The molecular weight excluding hydrogens is 436 g/mol. The van der Waals surface area contributed by atoms with E-state index in [0.29, 0.717) is 35.5 Å². The van der Waals surface area contributed by atoms with E-state index < -0.39 is 0 Å². The average molecular weight is 499 g/mol. The Morgan fingerprint density at radius 2 is 1.56 bits per heavy atom. The highest BCUT2D eigenvalue weighted by Crippen LogP contribution is 2.53. The van der Waals surface area contributed by atoms with Gasteiger partial charge in [0.05, 0.1) is 6.10 Å². The fourth-order valence-corrected chi connectivity index (χ4v) is 8.09. The van der Waals surface area contributed by atoms with Crippen molar-refractivity contribution in [3.05, 3.63) is 12.2 Å². The van der Waals surface area contributed by atoms with Crippen LogP contribution in [0.1, 0.15) is 128 Å². The van der Waals surface area contributed by atoms with Crippen LogP contribution in [0.4, 0.5) is 0 Å². The first-order chi connectivity index (χ1) is 16.7. The van der Waals surface area contributed by atoms with Crippen LogP contribution >= 0.6 is 0 Å². The zero-order valence-electron chi connectivity index (χ0n) is 26.1. The summed E-state index contributed by atoms with van der Waals surface area (Å²) in [6, 6.07) is 0. The van der Waals surface area contributed by atoms with Gasteiger partial charge in [0, 0.05) is 5.41 Å². The predicted octanol–water partition coefficient (Wildman–Crippen LogP) is 10.2. The third-order valence-corrected chi connectivity index (χ3v) is 11.1. The lowest BCUT2D eigenvalue weighted by molar-refractivity contribution is 0.0498. The Morgan fingerprint density at radius 1 is 1.03 bits per heavy atom. The molecule has 1 heteroatoms. The van der Waals surface area contributed by atoms with Crippen molar-refractivity contribution in [2.45, 2.75) is 139 Å². The normalized spacial score (nSPS) is 34.9. The third kappa shape index (κ3) is 7.43. The van der Waals surface area contributed by atoms with E-state index in [0.717, 1.165) is 24.2 Å².